The van der Waals surface area contributed by atoms with Crippen LogP contribution in [-0.4, -0.2) is 25.0 Å². The number of furan rings is 1. The van der Waals surface area contributed by atoms with Crippen LogP contribution >= 0.6 is 0 Å². The van der Waals surface area contributed by atoms with Crippen molar-refractivity contribution in [2.75, 3.05) is 19.0 Å². The Bertz CT molecular complexity index is 648. The third-order valence-electron chi connectivity index (χ3n) is 3.82. The highest BCUT2D eigenvalue weighted by molar-refractivity contribution is 5.95. The standard InChI is InChI=1S/C16H19N3O2/c1-19(2)15-10-11(6-8-17-15)16(20)18-13-4-3-5-14-12(13)7-9-21-14/h6-10,13H,3-5H2,1-2H3,(H,18,20). The third kappa shape index (κ3) is 2.77. The molecule has 0 radical (unpaired) electrons. The van der Waals surface area contributed by atoms with Gasteiger partial charge >= 0.3 is 0 Å². The van der Waals surface area contributed by atoms with Gasteiger partial charge < -0.3 is 14.6 Å². The summed E-state index contributed by atoms with van der Waals surface area (Å²) in [5, 5.41) is 3.10. The lowest BCUT2D eigenvalue weighted by Gasteiger charge is -2.23. The maximum absolute atomic E-state index is 12.4. The first kappa shape index (κ1) is 13.7. The van der Waals surface area contributed by atoms with Gasteiger partial charge in [0, 0.05) is 37.8 Å². The molecule has 0 saturated carbocycles. The van der Waals surface area contributed by atoms with Crippen LogP contribution in [0.2, 0.25) is 0 Å². The Balaban J connectivity index is 1.77. The van der Waals surface area contributed by atoms with Crippen molar-refractivity contribution in [1.82, 2.24) is 10.3 Å². The molecule has 2 aromatic rings. The largest absolute Gasteiger partial charge is 0.469 e. The molecule has 1 atom stereocenters. The number of hydrogen-bond acceptors (Lipinski definition) is 4. The highest BCUT2D eigenvalue weighted by atomic mass is 16.3. The molecule has 1 aliphatic carbocycles. The summed E-state index contributed by atoms with van der Waals surface area (Å²) in [6, 6.07) is 5.53. The van der Waals surface area contributed by atoms with E-state index in [1.54, 1.807) is 24.6 Å². The summed E-state index contributed by atoms with van der Waals surface area (Å²) in [6.07, 6.45) is 6.30. The number of hydrogen-bond donors (Lipinski definition) is 1. The molecule has 5 heteroatoms. The van der Waals surface area contributed by atoms with Crippen LogP contribution in [0.5, 0.6) is 0 Å². The zero-order valence-electron chi connectivity index (χ0n) is 12.3. The van der Waals surface area contributed by atoms with E-state index in [0.29, 0.717) is 5.56 Å². The summed E-state index contributed by atoms with van der Waals surface area (Å²) in [4.78, 5) is 18.5. The molecule has 2 heterocycles. The second-order valence-corrected chi connectivity index (χ2v) is 5.51. The summed E-state index contributed by atoms with van der Waals surface area (Å²) >= 11 is 0. The van der Waals surface area contributed by atoms with Crippen molar-refractivity contribution >= 4 is 11.7 Å². The summed E-state index contributed by atoms with van der Waals surface area (Å²) in [7, 11) is 3.81. The lowest BCUT2D eigenvalue weighted by molar-refractivity contribution is 0.0932. The van der Waals surface area contributed by atoms with E-state index in [0.717, 1.165) is 36.4 Å². The van der Waals surface area contributed by atoms with Crippen LogP contribution < -0.4 is 10.2 Å². The number of amides is 1. The predicted octanol–water partition coefficient (Wildman–Crippen LogP) is 2.55. The number of anilines is 1. The van der Waals surface area contributed by atoms with Gasteiger partial charge in [-0.1, -0.05) is 0 Å². The quantitative estimate of drug-likeness (QED) is 0.941. The lowest BCUT2D eigenvalue weighted by atomic mass is 9.93. The normalized spacial score (nSPS) is 17.1. The van der Waals surface area contributed by atoms with Gasteiger partial charge in [-0.2, -0.15) is 0 Å². The number of rotatable bonds is 3. The van der Waals surface area contributed by atoms with Crippen LogP contribution in [0.3, 0.4) is 0 Å². The van der Waals surface area contributed by atoms with E-state index < -0.39 is 0 Å². The molecule has 1 unspecified atom stereocenters. The van der Waals surface area contributed by atoms with Crippen molar-refractivity contribution in [2.24, 2.45) is 0 Å². The van der Waals surface area contributed by atoms with E-state index in [2.05, 4.69) is 10.3 Å². The molecular formula is C16H19N3O2. The van der Waals surface area contributed by atoms with E-state index in [-0.39, 0.29) is 11.9 Å². The molecule has 0 aromatic carbocycles. The molecule has 0 spiro atoms. The van der Waals surface area contributed by atoms with Crippen LogP contribution in [0, 0.1) is 0 Å². The second kappa shape index (κ2) is 5.60. The molecule has 21 heavy (non-hydrogen) atoms. The molecule has 0 aliphatic heterocycles. The second-order valence-electron chi connectivity index (χ2n) is 5.51. The Labute approximate surface area is 124 Å². The van der Waals surface area contributed by atoms with Gasteiger partial charge in [-0.25, -0.2) is 4.98 Å². The van der Waals surface area contributed by atoms with Crippen molar-refractivity contribution in [3.05, 3.63) is 47.5 Å². The van der Waals surface area contributed by atoms with Crippen LogP contribution in [-0.2, 0) is 6.42 Å². The molecule has 1 N–H and O–H groups in total. The van der Waals surface area contributed by atoms with E-state index in [1.807, 2.05) is 25.1 Å². The van der Waals surface area contributed by atoms with Crippen LogP contribution in [0.25, 0.3) is 0 Å². The van der Waals surface area contributed by atoms with Crippen molar-refractivity contribution in [3.8, 4) is 0 Å². The van der Waals surface area contributed by atoms with E-state index >= 15 is 0 Å². The number of fused-ring (bicyclic) bond motifs is 1. The van der Waals surface area contributed by atoms with Crippen molar-refractivity contribution in [1.29, 1.82) is 0 Å². The molecule has 2 aromatic heterocycles. The fraction of sp³-hybridized carbons (Fsp3) is 0.375. The highest BCUT2D eigenvalue weighted by Gasteiger charge is 2.24. The van der Waals surface area contributed by atoms with Gasteiger partial charge in [0.1, 0.15) is 11.6 Å². The monoisotopic (exact) mass is 285 g/mol. The Morgan fingerprint density at radius 3 is 3.10 bits per heavy atom. The smallest absolute Gasteiger partial charge is 0.251 e. The minimum atomic E-state index is -0.0699. The highest BCUT2D eigenvalue weighted by Crippen LogP contribution is 2.30. The maximum atomic E-state index is 12.4. The predicted molar refractivity (Wildman–Crippen MR) is 80.4 cm³/mol. The Morgan fingerprint density at radius 2 is 2.29 bits per heavy atom. The summed E-state index contributed by atoms with van der Waals surface area (Å²) in [5.41, 5.74) is 1.74. The van der Waals surface area contributed by atoms with Gasteiger partial charge in [0.2, 0.25) is 0 Å². The topological polar surface area (TPSA) is 58.4 Å². The molecule has 5 nitrogen and oxygen atoms in total. The summed E-state index contributed by atoms with van der Waals surface area (Å²) in [6.45, 7) is 0. The Hall–Kier alpha value is -2.30. The van der Waals surface area contributed by atoms with Gasteiger partial charge in [0.25, 0.3) is 5.91 Å². The molecular weight excluding hydrogens is 266 g/mol. The van der Waals surface area contributed by atoms with Crippen molar-refractivity contribution in [2.45, 2.75) is 25.3 Å². The third-order valence-corrected chi connectivity index (χ3v) is 3.82. The van der Waals surface area contributed by atoms with Gasteiger partial charge in [-0.3, -0.25) is 4.79 Å². The van der Waals surface area contributed by atoms with E-state index in [4.69, 9.17) is 4.42 Å². The number of aromatic nitrogens is 1. The van der Waals surface area contributed by atoms with Gasteiger partial charge in [0.05, 0.1) is 12.3 Å². The number of carbonyl (C=O) groups is 1. The zero-order chi connectivity index (χ0) is 14.8. The Kier molecular flexibility index (Phi) is 3.64. The number of nitrogens with one attached hydrogen (secondary N) is 1. The number of carbonyl (C=O) groups excluding carboxylic acids is 1. The van der Waals surface area contributed by atoms with Gasteiger partial charge in [-0.15, -0.1) is 0 Å². The molecule has 0 saturated heterocycles. The molecule has 1 aliphatic rings. The van der Waals surface area contributed by atoms with Gasteiger partial charge in [-0.05, 0) is 31.0 Å². The minimum absolute atomic E-state index is 0.0379. The number of nitrogens with zero attached hydrogens (tertiary/aromatic N) is 2. The van der Waals surface area contributed by atoms with Crippen LogP contribution in [0.1, 0.15) is 40.6 Å². The molecule has 1 amide bonds. The van der Waals surface area contributed by atoms with Gasteiger partial charge in [0.15, 0.2) is 0 Å². The van der Waals surface area contributed by atoms with Crippen molar-refractivity contribution < 1.29 is 9.21 Å². The molecule has 0 fully saturated rings. The summed E-state index contributed by atoms with van der Waals surface area (Å²) in [5.74, 6) is 1.70. The first-order valence-corrected chi connectivity index (χ1v) is 7.15. The summed E-state index contributed by atoms with van der Waals surface area (Å²) < 4.78 is 5.46. The molecule has 110 valence electrons. The Morgan fingerprint density at radius 1 is 1.43 bits per heavy atom. The molecule has 0 bridgehead atoms. The number of aryl methyl sites for hydroxylation is 1. The van der Waals surface area contributed by atoms with E-state index in [9.17, 15) is 4.79 Å². The average Bonchev–Trinajstić information content (AvgIpc) is 2.97. The molecule has 3 rings (SSSR count). The van der Waals surface area contributed by atoms with Crippen molar-refractivity contribution in [3.63, 3.8) is 0 Å². The SMILES string of the molecule is CN(C)c1cc(C(=O)NC2CCCc3occc32)ccn1. The van der Waals surface area contributed by atoms with E-state index in [1.165, 1.54) is 0 Å². The fourth-order valence-electron chi connectivity index (χ4n) is 2.68. The number of pyridine rings is 1. The average molecular weight is 285 g/mol. The van der Waals surface area contributed by atoms with Crippen LogP contribution in [0.15, 0.2) is 35.1 Å². The lowest BCUT2D eigenvalue weighted by Crippen LogP contribution is -2.30. The minimum Gasteiger partial charge on any atom is -0.469 e. The van der Waals surface area contributed by atoms with Crippen LogP contribution in [0.4, 0.5) is 5.82 Å². The first-order valence-electron chi connectivity index (χ1n) is 7.15. The fourth-order valence-corrected chi connectivity index (χ4v) is 2.68. The zero-order valence-corrected chi connectivity index (χ0v) is 12.3. The maximum Gasteiger partial charge on any atom is 0.251 e. The first-order chi connectivity index (χ1) is 10.1.